The van der Waals surface area contributed by atoms with E-state index in [4.69, 9.17) is 4.74 Å². The van der Waals surface area contributed by atoms with E-state index in [0.29, 0.717) is 24.3 Å². The van der Waals surface area contributed by atoms with Crippen molar-refractivity contribution in [1.29, 1.82) is 0 Å². The number of halogens is 4. The largest absolute Gasteiger partial charge is 0.508 e. The lowest BCUT2D eigenvalue weighted by molar-refractivity contribution is -0.137. The van der Waals surface area contributed by atoms with Gasteiger partial charge in [-0.25, -0.2) is 0 Å². The Morgan fingerprint density at radius 3 is 2.26 bits per heavy atom. The van der Waals surface area contributed by atoms with Crippen LogP contribution in [0.2, 0.25) is 0 Å². The van der Waals surface area contributed by atoms with Crippen molar-refractivity contribution in [3.05, 3.63) is 94.0 Å². The van der Waals surface area contributed by atoms with Crippen LogP contribution < -0.4 is 4.74 Å². The molecule has 0 atom stereocenters. The standard InChI is InChI=1S/C36H40F4O2/c1-24-22-28(36(38,39)40)13-19-32(24)34-8-5-7-27-23-29(41)14-20-33(27)35(34)26-11-17-31(18-12-26)42-30-15-9-25(10-16-30)6-3-2-4-21-37/h11-14,17-20,22-23,25,30,41H,2-10,15-16,21H2,1H3. The highest BCUT2D eigenvalue weighted by atomic mass is 19.4. The second-order valence-corrected chi connectivity index (χ2v) is 11.9. The summed E-state index contributed by atoms with van der Waals surface area (Å²) in [4.78, 5) is 0. The Morgan fingerprint density at radius 1 is 0.833 bits per heavy atom. The molecule has 2 aliphatic carbocycles. The van der Waals surface area contributed by atoms with Crippen LogP contribution in [-0.2, 0) is 12.6 Å². The van der Waals surface area contributed by atoms with Gasteiger partial charge in [0.2, 0.25) is 0 Å². The monoisotopic (exact) mass is 580 g/mol. The Labute approximate surface area is 246 Å². The van der Waals surface area contributed by atoms with E-state index in [1.54, 1.807) is 25.1 Å². The lowest BCUT2D eigenvalue weighted by atomic mass is 9.84. The van der Waals surface area contributed by atoms with Crippen LogP contribution in [0.4, 0.5) is 17.6 Å². The van der Waals surface area contributed by atoms with E-state index in [9.17, 15) is 22.7 Å². The maximum atomic E-state index is 13.4. The van der Waals surface area contributed by atoms with Crippen molar-refractivity contribution >= 4 is 11.1 Å². The van der Waals surface area contributed by atoms with Crippen molar-refractivity contribution in [2.24, 2.45) is 5.92 Å². The van der Waals surface area contributed by atoms with Crippen LogP contribution in [0.3, 0.4) is 0 Å². The van der Waals surface area contributed by atoms with Gasteiger partial charge in [-0.2, -0.15) is 13.2 Å². The summed E-state index contributed by atoms with van der Waals surface area (Å²) in [5, 5.41) is 10.2. The highest BCUT2D eigenvalue weighted by molar-refractivity contribution is 6.00. The van der Waals surface area contributed by atoms with Crippen molar-refractivity contribution in [3.63, 3.8) is 0 Å². The molecule has 1 fully saturated rings. The topological polar surface area (TPSA) is 29.5 Å². The maximum absolute atomic E-state index is 13.4. The fourth-order valence-electron chi connectivity index (χ4n) is 6.69. The van der Waals surface area contributed by atoms with E-state index < -0.39 is 11.7 Å². The minimum Gasteiger partial charge on any atom is -0.508 e. The number of ether oxygens (including phenoxy) is 1. The summed E-state index contributed by atoms with van der Waals surface area (Å²) in [6, 6.07) is 17.5. The zero-order valence-electron chi connectivity index (χ0n) is 24.3. The molecule has 1 N–H and O–H groups in total. The molecule has 224 valence electrons. The molecule has 0 radical (unpaired) electrons. The minimum absolute atomic E-state index is 0.184. The normalized spacial score (nSPS) is 19.4. The van der Waals surface area contributed by atoms with E-state index in [2.05, 4.69) is 0 Å². The number of alkyl halides is 4. The third kappa shape index (κ3) is 7.19. The quantitative estimate of drug-likeness (QED) is 0.202. The van der Waals surface area contributed by atoms with E-state index in [0.717, 1.165) is 90.5 Å². The molecular formula is C36H40F4O2. The predicted octanol–water partition coefficient (Wildman–Crippen LogP) is 10.5. The molecule has 3 aromatic carbocycles. The van der Waals surface area contributed by atoms with Crippen LogP contribution in [0, 0.1) is 12.8 Å². The zero-order chi connectivity index (χ0) is 29.7. The molecule has 0 spiro atoms. The van der Waals surface area contributed by atoms with E-state index in [1.807, 2.05) is 30.3 Å². The van der Waals surface area contributed by atoms with Gasteiger partial charge in [0.15, 0.2) is 0 Å². The number of aromatic hydroxyl groups is 1. The number of benzene rings is 3. The molecule has 0 aliphatic heterocycles. The Kier molecular flexibility index (Phi) is 9.60. The molecule has 0 aromatic heterocycles. The maximum Gasteiger partial charge on any atom is 0.416 e. The number of phenolic OH excluding ortho intramolecular Hbond substituents is 1. The molecular weight excluding hydrogens is 540 g/mol. The SMILES string of the molecule is Cc1cc(C(F)(F)F)ccc1C1=C(c2ccc(OC3CCC(CCCCCF)CC3)cc2)c2ccc(O)cc2CCC1. The van der Waals surface area contributed by atoms with Crippen LogP contribution >= 0.6 is 0 Å². The molecule has 1 saturated carbocycles. The average Bonchev–Trinajstić information content (AvgIpc) is 3.15. The van der Waals surface area contributed by atoms with Gasteiger partial charge in [0.1, 0.15) is 11.5 Å². The van der Waals surface area contributed by atoms with Crippen LogP contribution in [-0.4, -0.2) is 17.9 Å². The lowest BCUT2D eigenvalue weighted by Crippen LogP contribution is -2.24. The van der Waals surface area contributed by atoms with Gasteiger partial charge >= 0.3 is 6.18 Å². The average molecular weight is 581 g/mol. The molecule has 0 unspecified atom stereocenters. The fraction of sp³-hybridized carbons (Fsp3) is 0.444. The summed E-state index contributed by atoms with van der Waals surface area (Å²) in [6.07, 6.45) is 6.37. The number of allylic oxidation sites excluding steroid dienone is 1. The zero-order valence-corrected chi connectivity index (χ0v) is 24.3. The molecule has 5 rings (SSSR count). The fourth-order valence-corrected chi connectivity index (χ4v) is 6.69. The molecule has 2 nitrogen and oxygen atoms in total. The highest BCUT2D eigenvalue weighted by Crippen LogP contribution is 2.43. The van der Waals surface area contributed by atoms with Crippen molar-refractivity contribution in [2.75, 3.05) is 6.67 Å². The summed E-state index contributed by atoms with van der Waals surface area (Å²) < 4.78 is 59.0. The highest BCUT2D eigenvalue weighted by Gasteiger charge is 2.31. The first-order chi connectivity index (χ1) is 20.2. The predicted molar refractivity (Wildman–Crippen MR) is 160 cm³/mol. The second kappa shape index (κ2) is 13.4. The second-order valence-electron chi connectivity index (χ2n) is 11.9. The van der Waals surface area contributed by atoms with Gasteiger partial charge in [-0.3, -0.25) is 4.39 Å². The van der Waals surface area contributed by atoms with Crippen molar-refractivity contribution < 1.29 is 27.4 Å². The van der Waals surface area contributed by atoms with Gasteiger partial charge in [0.25, 0.3) is 0 Å². The van der Waals surface area contributed by atoms with Gasteiger partial charge in [0.05, 0.1) is 18.3 Å². The van der Waals surface area contributed by atoms with Gasteiger partial charge in [-0.15, -0.1) is 0 Å². The lowest BCUT2D eigenvalue weighted by Gasteiger charge is -2.29. The summed E-state index contributed by atoms with van der Waals surface area (Å²) in [5.41, 5.74) is 5.79. The van der Waals surface area contributed by atoms with Crippen molar-refractivity contribution in [1.82, 2.24) is 0 Å². The van der Waals surface area contributed by atoms with E-state index in [1.165, 1.54) is 18.6 Å². The minimum atomic E-state index is -4.39. The van der Waals surface area contributed by atoms with Crippen molar-refractivity contribution in [2.45, 2.75) is 89.8 Å². The third-order valence-corrected chi connectivity index (χ3v) is 8.90. The Bertz CT molecular complexity index is 1380. The van der Waals surface area contributed by atoms with Gasteiger partial charge < -0.3 is 9.84 Å². The molecule has 0 amide bonds. The Balaban J connectivity index is 1.40. The first-order valence-corrected chi connectivity index (χ1v) is 15.3. The third-order valence-electron chi connectivity index (χ3n) is 8.90. The van der Waals surface area contributed by atoms with E-state index in [-0.39, 0.29) is 18.5 Å². The van der Waals surface area contributed by atoms with Gasteiger partial charge in [0, 0.05) is 0 Å². The number of rotatable bonds is 9. The molecule has 6 heteroatoms. The first kappa shape index (κ1) is 30.2. The summed E-state index contributed by atoms with van der Waals surface area (Å²) in [5.74, 6) is 1.73. The number of fused-ring (bicyclic) bond motifs is 1. The first-order valence-electron chi connectivity index (χ1n) is 15.3. The molecule has 0 bridgehead atoms. The number of hydrogen-bond donors (Lipinski definition) is 1. The summed E-state index contributed by atoms with van der Waals surface area (Å²) >= 11 is 0. The van der Waals surface area contributed by atoms with Crippen LogP contribution in [0.15, 0.2) is 60.7 Å². The molecule has 42 heavy (non-hydrogen) atoms. The van der Waals surface area contributed by atoms with Crippen LogP contribution in [0.5, 0.6) is 11.5 Å². The summed E-state index contributed by atoms with van der Waals surface area (Å²) in [6.45, 7) is 1.52. The Hall–Kier alpha value is -3.28. The number of phenols is 1. The van der Waals surface area contributed by atoms with Gasteiger partial charge in [-0.1, -0.05) is 43.5 Å². The van der Waals surface area contributed by atoms with Crippen molar-refractivity contribution in [3.8, 4) is 11.5 Å². The number of aryl methyl sites for hydroxylation is 2. The van der Waals surface area contributed by atoms with Crippen LogP contribution in [0.1, 0.15) is 97.6 Å². The molecule has 0 saturated heterocycles. The molecule has 0 heterocycles. The number of hydrogen-bond acceptors (Lipinski definition) is 2. The van der Waals surface area contributed by atoms with Gasteiger partial charge in [-0.05, 0) is 140 Å². The van der Waals surface area contributed by atoms with Crippen LogP contribution in [0.25, 0.3) is 11.1 Å². The smallest absolute Gasteiger partial charge is 0.416 e. The number of unbranched alkanes of at least 4 members (excludes halogenated alkanes) is 2. The molecule has 2 aliphatic rings. The summed E-state index contributed by atoms with van der Waals surface area (Å²) in [7, 11) is 0. The van der Waals surface area contributed by atoms with E-state index >= 15 is 0 Å². The Morgan fingerprint density at radius 2 is 1.57 bits per heavy atom. The molecule has 3 aromatic rings.